The quantitative estimate of drug-likeness (QED) is 0.528. The maximum absolute atomic E-state index is 10.5. The summed E-state index contributed by atoms with van der Waals surface area (Å²) in [6.07, 6.45) is 1.46. The molecule has 4 nitrogen and oxygen atoms in total. The van der Waals surface area contributed by atoms with Gasteiger partial charge in [0, 0.05) is 6.04 Å². The topological polar surface area (TPSA) is 61.4 Å². The second kappa shape index (κ2) is 2.94. The predicted octanol–water partition coefficient (Wildman–Crippen LogP) is 0.252. The van der Waals surface area contributed by atoms with E-state index in [4.69, 9.17) is 5.11 Å². The molecule has 1 heterocycles. The molecule has 1 unspecified atom stereocenters. The molecule has 12 heavy (non-hydrogen) atoms. The highest BCUT2D eigenvalue weighted by Crippen LogP contribution is 2.33. The van der Waals surface area contributed by atoms with Crippen LogP contribution in [0.4, 0.5) is 4.79 Å². The molecule has 0 aromatic heterocycles. The molecule has 2 aliphatic rings. The van der Waals surface area contributed by atoms with E-state index in [1.54, 1.807) is 0 Å². The zero-order valence-corrected chi connectivity index (χ0v) is 6.92. The Morgan fingerprint density at radius 1 is 1.33 bits per heavy atom. The third kappa shape index (κ3) is 1.27. The highest BCUT2D eigenvalue weighted by Gasteiger charge is 2.39. The number of carbonyl (C=O) groups is 1. The molecule has 1 saturated carbocycles. The Morgan fingerprint density at radius 2 is 1.92 bits per heavy atom. The molecule has 0 aromatic carbocycles. The lowest BCUT2D eigenvalue weighted by Gasteiger charge is -2.30. The molecule has 1 aliphatic carbocycles. The van der Waals surface area contributed by atoms with E-state index in [1.165, 1.54) is 12.8 Å². The monoisotopic (exact) mass is 170 g/mol. The maximum atomic E-state index is 10.5. The SMILES string of the molecule is O=C(O)NC1[C@@H]2CC[C@H]1CNC2. The number of amides is 1. The normalized spacial score (nSPS) is 39.5. The summed E-state index contributed by atoms with van der Waals surface area (Å²) in [5.74, 6) is 1.06. The summed E-state index contributed by atoms with van der Waals surface area (Å²) < 4.78 is 0. The molecule has 0 aromatic rings. The van der Waals surface area contributed by atoms with Crippen LogP contribution in [0.3, 0.4) is 0 Å². The van der Waals surface area contributed by atoms with Crippen LogP contribution in [0.5, 0.6) is 0 Å². The highest BCUT2D eigenvalue weighted by atomic mass is 16.4. The van der Waals surface area contributed by atoms with E-state index in [-0.39, 0.29) is 6.04 Å². The largest absolute Gasteiger partial charge is 0.465 e. The Morgan fingerprint density at radius 3 is 2.42 bits per heavy atom. The zero-order valence-electron chi connectivity index (χ0n) is 6.92. The molecule has 2 bridgehead atoms. The van der Waals surface area contributed by atoms with E-state index < -0.39 is 6.09 Å². The van der Waals surface area contributed by atoms with Crippen LogP contribution in [-0.2, 0) is 0 Å². The first-order valence-corrected chi connectivity index (χ1v) is 4.47. The summed E-state index contributed by atoms with van der Waals surface area (Å²) in [5.41, 5.74) is 0. The second-order valence-electron chi connectivity index (χ2n) is 3.73. The first-order valence-electron chi connectivity index (χ1n) is 4.47. The van der Waals surface area contributed by atoms with Gasteiger partial charge in [0.05, 0.1) is 0 Å². The van der Waals surface area contributed by atoms with Crippen molar-refractivity contribution in [2.45, 2.75) is 18.9 Å². The Bertz CT molecular complexity index is 179. The lowest BCUT2D eigenvalue weighted by Crippen LogP contribution is -2.50. The highest BCUT2D eigenvalue weighted by molar-refractivity contribution is 5.65. The fourth-order valence-corrected chi connectivity index (χ4v) is 2.46. The Kier molecular flexibility index (Phi) is 1.92. The average molecular weight is 170 g/mol. The van der Waals surface area contributed by atoms with Crippen LogP contribution in [0.25, 0.3) is 0 Å². The molecule has 0 spiro atoms. The molecule has 0 radical (unpaired) electrons. The third-order valence-corrected chi connectivity index (χ3v) is 3.03. The maximum Gasteiger partial charge on any atom is 0.404 e. The summed E-state index contributed by atoms with van der Waals surface area (Å²) in [6.45, 7) is 1.95. The molecular formula is C8H14N2O2. The third-order valence-electron chi connectivity index (χ3n) is 3.03. The molecule has 2 rings (SSSR count). The van der Waals surface area contributed by atoms with E-state index in [9.17, 15) is 4.79 Å². The zero-order chi connectivity index (χ0) is 8.55. The van der Waals surface area contributed by atoms with Gasteiger partial charge in [-0.2, -0.15) is 0 Å². The molecule has 3 atom stereocenters. The van der Waals surface area contributed by atoms with Crippen LogP contribution in [0.15, 0.2) is 0 Å². The van der Waals surface area contributed by atoms with Crippen molar-refractivity contribution in [3.63, 3.8) is 0 Å². The summed E-state index contributed by atoms with van der Waals surface area (Å²) >= 11 is 0. The molecule has 1 aliphatic heterocycles. The minimum atomic E-state index is -0.876. The van der Waals surface area contributed by atoms with Gasteiger partial charge in [-0.05, 0) is 37.8 Å². The minimum absolute atomic E-state index is 0.212. The fraction of sp³-hybridized carbons (Fsp3) is 0.875. The van der Waals surface area contributed by atoms with Gasteiger partial charge >= 0.3 is 6.09 Å². The molecule has 4 heteroatoms. The van der Waals surface area contributed by atoms with E-state index in [2.05, 4.69) is 10.6 Å². The van der Waals surface area contributed by atoms with E-state index in [1.807, 2.05) is 0 Å². The first kappa shape index (κ1) is 7.86. The summed E-state index contributed by atoms with van der Waals surface area (Å²) in [4.78, 5) is 10.5. The van der Waals surface area contributed by atoms with Crippen LogP contribution in [0, 0.1) is 11.8 Å². The van der Waals surface area contributed by atoms with Gasteiger partial charge < -0.3 is 15.7 Å². The Balaban J connectivity index is 2.00. The van der Waals surface area contributed by atoms with Gasteiger partial charge in [-0.3, -0.25) is 0 Å². The number of hydrogen-bond donors (Lipinski definition) is 3. The number of rotatable bonds is 1. The lowest BCUT2D eigenvalue weighted by atomic mass is 9.94. The second-order valence-corrected chi connectivity index (χ2v) is 3.73. The molecule has 2 fully saturated rings. The first-order chi connectivity index (χ1) is 5.77. The van der Waals surface area contributed by atoms with Crippen LogP contribution in [-0.4, -0.2) is 30.3 Å². The van der Waals surface area contributed by atoms with Gasteiger partial charge in [0.1, 0.15) is 0 Å². The molecule has 68 valence electrons. The van der Waals surface area contributed by atoms with Gasteiger partial charge in [-0.15, -0.1) is 0 Å². The number of fused-ring (bicyclic) bond motifs is 2. The van der Waals surface area contributed by atoms with Crippen LogP contribution >= 0.6 is 0 Å². The molecular weight excluding hydrogens is 156 g/mol. The number of hydrogen-bond acceptors (Lipinski definition) is 2. The van der Waals surface area contributed by atoms with Gasteiger partial charge in [0.2, 0.25) is 0 Å². The van der Waals surface area contributed by atoms with Crippen molar-refractivity contribution in [1.29, 1.82) is 0 Å². The fourth-order valence-electron chi connectivity index (χ4n) is 2.46. The average Bonchev–Trinajstić information content (AvgIpc) is 2.30. The van der Waals surface area contributed by atoms with Crippen molar-refractivity contribution in [1.82, 2.24) is 10.6 Å². The molecule has 1 amide bonds. The van der Waals surface area contributed by atoms with Crippen molar-refractivity contribution in [3.05, 3.63) is 0 Å². The summed E-state index contributed by atoms with van der Waals surface area (Å²) in [5, 5.41) is 14.5. The molecule has 1 saturated heterocycles. The van der Waals surface area contributed by atoms with Gasteiger partial charge in [0.15, 0.2) is 0 Å². The van der Waals surface area contributed by atoms with Crippen molar-refractivity contribution < 1.29 is 9.90 Å². The van der Waals surface area contributed by atoms with Crippen molar-refractivity contribution >= 4 is 6.09 Å². The summed E-state index contributed by atoms with van der Waals surface area (Å²) in [6, 6.07) is 0.212. The van der Waals surface area contributed by atoms with Gasteiger partial charge in [0.25, 0.3) is 0 Å². The lowest BCUT2D eigenvalue weighted by molar-refractivity contribution is 0.176. The number of carboxylic acid groups (broad SMARTS) is 1. The van der Waals surface area contributed by atoms with Crippen molar-refractivity contribution in [2.24, 2.45) is 11.8 Å². The summed E-state index contributed by atoms with van der Waals surface area (Å²) in [7, 11) is 0. The van der Waals surface area contributed by atoms with Crippen LogP contribution in [0.1, 0.15) is 12.8 Å². The van der Waals surface area contributed by atoms with E-state index in [0.717, 1.165) is 13.1 Å². The Hall–Kier alpha value is -0.770. The predicted molar refractivity (Wildman–Crippen MR) is 44.0 cm³/mol. The standard InChI is InChI=1S/C8H14N2O2/c11-8(12)10-7-5-1-2-6(7)4-9-3-5/h5-7,9-10H,1-4H2,(H,11,12)/t5-,6+,7?. The van der Waals surface area contributed by atoms with Crippen LogP contribution in [0.2, 0.25) is 0 Å². The van der Waals surface area contributed by atoms with Crippen molar-refractivity contribution in [2.75, 3.05) is 13.1 Å². The number of nitrogens with one attached hydrogen (secondary N) is 2. The number of piperidine rings is 1. The van der Waals surface area contributed by atoms with Crippen molar-refractivity contribution in [3.8, 4) is 0 Å². The van der Waals surface area contributed by atoms with E-state index in [0.29, 0.717) is 11.8 Å². The van der Waals surface area contributed by atoms with Crippen LogP contribution < -0.4 is 10.6 Å². The Labute approximate surface area is 71.3 Å². The van der Waals surface area contributed by atoms with Gasteiger partial charge in [-0.1, -0.05) is 0 Å². The smallest absolute Gasteiger partial charge is 0.404 e. The minimum Gasteiger partial charge on any atom is -0.465 e. The van der Waals surface area contributed by atoms with E-state index >= 15 is 0 Å². The molecule has 3 N–H and O–H groups in total. The van der Waals surface area contributed by atoms with Gasteiger partial charge in [-0.25, -0.2) is 4.79 Å².